The number of aromatic amines is 1. The van der Waals surface area contributed by atoms with Gasteiger partial charge in [-0.05, 0) is 24.6 Å². The number of halogens is 1. The van der Waals surface area contributed by atoms with E-state index in [4.69, 9.17) is 21.9 Å². The number of hydrogen-bond donors (Lipinski definition) is 2. The first-order chi connectivity index (χ1) is 8.15. The summed E-state index contributed by atoms with van der Waals surface area (Å²) in [4.78, 5) is 3.14. The monoisotopic (exact) mass is 247 g/mol. The number of aromatic nitrogens is 2. The summed E-state index contributed by atoms with van der Waals surface area (Å²) in [6.45, 7) is 2.02. The second-order valence-electron chi connectivity index (χ2n) is 3.97. The molecule has 3 rings (SSSR count). The normalized spacial score (nSPS) is 11.2. The van der Waals surface area contributed by atoms with Crippen LogP contribution < -0.4 is 5.73 Å². The molecule has 0 spiro atoms. The Kier molecular flexibility index (Phi) is 2.12. The first-order valence-electron chi connectivity index (χ1n) is 5.15. The number of rotatable bonds is 1. The molecule has 0 aliphatic rings. The predicted octanol–water partition coefficient (Wildman–Crippen LogP) is 3.37. The zero-order valence-corrected chi connectivity index (χ0v) is 9.88. The maximum absolute atomic E-state index is 6.21. The van der Waals surface area contributed by atoms with Crippen LogP contribution in [0.15, 0.2) is 28.9 Å². The minimum atomic E-state index is 0.294. The Bertz CT molecular complexity index is 699. The summed E-state index contributed by atoms with van der Waals surface area (Å²) in [5, 5.41) is 5.62. The third kappa shape index (κ3) is 1.57. The number of anilines is 1. The largest absolute Gasteiger partial charge is 0.368 e. The third-order valence-corrected chi connectivity index (χ3v) is 3.07. The third-order valence-electron chi connectivity index (χ3n) is 2.77. The fourth-order valence-electron chi connectivity index (χ4n) is 1.90. The predicted molar refractivity (Wildman–Crippen MR) is 68.0 cm³/mol. The van der Waals surface area contributed by atoms with E-state index in [0.29, 0.717) is 16.6 Å². The van der Waals surface area contributed by atoms with Crippen molar-refractivity contribution in [2.75, 3.05) is 5.73 Å². The zero-order valence-electron chi connectivity index (χ0n) is 9.12. The summed E-state index contributed by atoms with van der Waals surface area (Å²) in [7, 11) is 0. The van der Waals surface area contributed by atoms with Gasteiger partial charge in [0.2, 0.25) is 5.88 Å². The van der Waals surface area contributed by atoms with Gasteiger partial charge in [0, 0.05) is 23.2 Å². The molecular formula is C12H10ClN3O. The summed E-state index contributed by atoms with van der Waals surface area (Å²) in [6, 6.07) is 5.54. The van der Waals surface area contributed by atoms with Crippen LogP contribution in [0.25, 0.3) is 22.2 Å². The Morgan fingerprint density at radius 2 is 2.18 bits per heavy atom. The van der Waals surface area contributed by atoms with Gasteiger partial charge in [0.05, 0.1) is 10.5 Å². The maximum Gasteiger partial charge on any atom is 0.222 e. The summed E-state index contributed by atoms with van der Waals surface area (Å²) < 4.78 is 4.86. The Morgan fingerprint density at radius 3 is 2.88 bits per heavy atom. The summed E-state index contributed by atoms with van der Waals surface area (Å²) >= 11 is 6.21. The van der Waals surface area contributed by atoms with E-state index in [1.165, 1.54) is 0 Å². The number of nitrogens with zero attached hydrogens (tertiary/aromatic N) is 1. The summed E-state index contributed by atoms with van der Waals surface area (Å²) in [5.41, 5.74) is 9.16. The fraction of sp³-hybridized carbons (Fsp3) is 0.0833. The van der Waals surface area contributed by atoms with Gasteiger partial charge in [-0.15, -0.1) is 0 Å². The van der Waals surface area contributed by atoms with Crippen molar-refractivity contribution in [1.29, 1.82) is 0 Å². The zero-order chi connectivity index (χ0) is 12.0. The van der Waals surface area contributed by atoms with E-state index in [2.05, 4.69) is 10.1 Å². The minimum Gasteiger partial charge on any atom is -0.368 e. The first-order valence-corrected chi connectivity index (χ1v) is 5.53. The number of H-pyrrole nitrogens is 1. The van der Waals surface area contributed by atoms with E-state index >= 15 is 0 Å². The standard InChI is InChI=1S/C12H10ClN3O/c1-6-5-15-12-8(6)2-7(3-9(12)13)10-4-11(14)17-16-10/h2-5,15H,14H2,1H3. The van der Waals surface area contributed by atoms with Gasteiger partial charge in [-0.3, -0.25) is 0 Å². The number of hydrogen-bond acceptors (Lipinski definition) is 3. The molecule has 2 heterocycles. The molecule has 0 saturated carbocycles. The van der Waals surface area contributed by atoms with Gasteiger partial charge >= 0.3 is 0 Å². The van der Waals surface area contributed by atoms with Crippen molar-refractivity contribution in [3.63, 3.8) is 0 Å². The van der Waals surface area contributed by atoms with Gasteiger partial charge in [-0.1, -0.05) is 16.8 Å². The molecule has 5 heteroatoms. The molecule has 1 aromatic carbocycles. The van der Waals surface area contributed by atoms with E-state index in [9.17, 15) is 0 Å². The highest BCUT2D eigenvalue weighted by Crippen LogP contribution is 2.31. The molecule has 0 saturated heterocycles. The molecule has 0 atom stereocenters. The highest BCUT2D eigenvalue weighted by Gasteiger charge is 2.10. The molecule has 0 unspecified atom stereocenters. The average Bonchev–Trinajstić information content (AvgIpc) is 2.87. The van der Waals surface area contributed by atoms with E-state index < -0.39 is 0 Å². The molecule has 0 radical (unpaired) electrons. The molecule has 3 aromatic rings. The maximum atomic E-state index is 6.21. The topological polar surface area (TPSA) is 67.8 Å². The van der Waals surface area contributed by atoms with Crippen molar-refractivity contribution in [3.05, 3.63) is 35.0 Å². The molecule has 3 N–H and O–H groups in total. The Labute approximate surface area is 102 Å². The van der Waals surface area contributed by atoms with Crippen molar-refractivity contribution < 1.29 is 4.52 Å². The molecule has 0 bridgehead atoms. The molecule has 4 nitrogen and oxygen atoms in total. The van der Waals surface area contributed by atoms with Crippen molar-refractivity contribution in [1.82, 2.24) is 10.1 Å². The lowest BCUT2D eigenvalue weighted by atomic mass is 10.1. The van der Waals surface area contributed by atoms with Crippen molar-refractivity contribution in [2.45, 2.75) is 6.92 Å². The van der Waals surface area contributed by atoms with Gasteiger partial charge in [0.25, 0.3) is 0 Å². The van der Waals surface area contributed by atoms with E-state index in [0.717, 1.165) is 22.0 Å². The molecule has 2 aromatic heterocycles. The lowest BCUT2D eigenvalue weighted by Crippen LogP contribution is -1.80. The smallest absolute Gasteiger partial charge is 0.222 e. The van der Waals surface area contributed by atoms with Crippen LogP contribution in [0.4, 0.5) is 5.88 Å². The lowest BCUT2D eigenvalue weighted by Gasteiger charge is -2.00. The Morgan fingerprint density at radius 1 is 1.35 bits per heavy atom. The molecule has 0 fully saturated rings. The highest BCUT2D eigenvalue weighted by molar-refractivity contribution is 6.35. The molecule has 0 aliphatic heterocycles. The minimum absolute atomic E-state index is 0.294. The number of nitrogen functional groups attached to an aromatic ring is 1. The molecule has 0 aliphatic carbocycles. The van der Waals surface area contributed by atoms with Crippen LogP contribution in [0.3, 0.4) is 0 Å². The number of nitrogens with two attached hydrogens (primary N) is 1. The van der Waals surface area contributed by atoms with E-state index in [-0.39, 0.29) is 0 Å². The van der Waals surface area contributed by atoms with Gasteiger partial charge in [0.1, 0.15) is 5.69 Å². The van der Waals surface area contributed by atoms with E-state index in [1.807, 2.05) is 25.3 Å². The van der Waals surface area contributed by atoms with Crippen LogP contribution in [0.1, 0.15) is 5.56 Å². The van der Waals surface area contributed by atoms with Crippen LogP contribution in [-0.2, 0) is 0 Å². The van der Waals surface area contributed by atoms with Crippen molar-refractivity contribution >= 4 is 28.4 Å². The number of fused-ring (bicyclic) bond motifs is 1. The van der Waals surface area contributed by atoms with Crippen LogP contribution >= 0.6 is 11.6 Å². The molecular weight excluding hydrogens is 238 g/mol. The molecule has 86 valence electrons. The van der Waals surface area contributed by atoms with Gasteiger partial charge in [0.15, 0.2) is 0 Å². The Balaban J connectivity index is 2.27. The highest BCUT2D eigenvalue weighted by atomic mass is 35.5. The van der Waals surface area contributed by atoms with Crippen LogP contribution in [0.5, 0.6) is 0 Å². The summed E-state index contributed by atoms with van der Waals surface area (Å²) in [5.74, 6) is 0.294. The molecule has 17 heavy (non-hydrogen) atoms. The first kappa shape index (κ1) is 10.2. The second-order valence-corrected chi connectivity index (χ2v) is 4.37. The quantitative estimate of drug-likeness (QED) is 0.693. The number of aryl methyl sites for hydroxylation is 1. The Hall–Kier alpha value is -1.94. The molecule has 0 amide bonds. The van der Waals surface area contributed by atoms with Crippen LogP contribution in [0, 0.1) is 6.92 Å². The SMILES string of the molecule is Cc1c[nH]c2c(Cl)cc(-c3cc(N)on3)cc12. The number of benzene rings is 1. The fourth-order valence-corrected chi connectivity index (χ4v) is 2.17. The van der Waals surface area contributed by atoms with Gasteiger partial charge in [-0.25, -0.2) is 0 Å². The second kappa shape index (κ2) is 3.53. The van der Waals surface area contributed by atoms with Gasteiger partial charge in [-0.2, -0.15) is 0 Å². The van der Waals surface area contributed by atoms with E-state index in [1.54, 1.807) is 6.07 Å². The van der Waals surface area contributed by atoms with Crippen molar-refractivity contribution in [2.24, 2.45) is 0 Å². The lowest BCUT2D eigenvalue weighted by molar-refractivity contribution is 0.439. The van der Waals surface area contributed by atoms with Crippen molar-refractivity contribution in [3.8, 4) is 11.3 Å². The van der Waals surface area contributed by atoms with Crippen LogP contribution in [0.2, 0.25) is 5.02 Å². The van der Waals surface area contributed by atoms with Crippen LogP contribution in [-0.4, -0.2) is 10.1 Å². The number of nitrogens with one attached hydrogen (secondary N) is 1. The average molecular weight is 248 g/mol. The summed E-state index contributed by atoms with van der Waals surface area (Å²) in [6.07, 6.45) is 1.93. The van der Waals surface area contributed by atoms with Gasteiger partial charge < -0.3 is 15.2 Å².